The summed E-state index contributed by atoms with van der Waals surface area (Å²) in [5, 5.41) is 20.5. The number of hydrogen-bond donors (Lipinski definition) is 3. The number of aryl methyl sites for hydroxylation is 1. The Balaban J connectivity index is 1.82. The Labute approximate surface area is 158 Å². The molecule has 0 aromatic heterocycles. The molecule has 0 aliphatic carbocycles. The molecule has 27 heavy (non-hydrogen) atoms. The molecule has 0 atom stereocenters. The zero-order valence-corrected chi connectivity index (χ0v) is 15.8. The number of guanidine groups is 1. The molecule has 0 fully saturated rings. The second-order valence-electron chi connectivity index (χ2n) is 5.87. The third-order valence-electron chi connectivity index (χ3n) is 3.95. The average Bonchev–Trinajstić information content (AvgIpc) is 2.68. The smallest absolute Gasteiger partial charge is 0.292 e. The first kappa shape index (κ1) is 20.0. The van der Waals surface area contributed by atoms with Gasteiger partial charge >= 0.3 is 0 Å². The summed E-state index contributed by atoms with van der Waals surface area (Å²) in [6.45, 7) is 3.65. The van der Waals surface area contributed by atoms with Crippen molar-refractivity contribution in [3.05, 3.63) is 63.7 Å². The van der Waals surface area contributed by atoms with Crippen LogP contribution in [0.5, 0.6) is 5.75 Å². The highest BCUT2D eigenvalue weighted by atomic mass is 16.6. The molecule has 0 spiro atoms. The minimum absolute atomic E-state index is 0.0615. The molecular weight excluding hydrogens is 346 g/mol. The molecule has 0 saturated heterocycles. The van der Waals surface area contributed by atoms with Crippen LogP contribution in [0, 0.1) is 17.0 Å². The molecule has 2 aromatic carbocycles. The first-order valence-electron chi connectivity index (χ1n) is 8.60. The van der Waals surface area contributed by atoms with Crippen LogP contribution in [0.15, 0.2) is 47.5 Å². The number of rotatable bonds is 8. The van der Waals surface area contributed by atoms with Crippen molar-refractivity contribution in [2.75, 3.05) is 32.6 Å². The molecule has 0 radical (unpaired) electrons. The molecular formula is C19H25N5O3. The van der Waals surface area contributed by atoms with Crippen LogP contribution in [-0.2, 0) is 6.54 Å². The SMILES string of the molecule is CN=C(NCCNc1ccccc1[N+](=O)[O-])NCc1ccc(C)cc1OC. The van der Waals surface area contributed by atoms with E-state index in [4.69, 9.17) is 4.74 Å². The fourth-order valence-electron chi connectivity index (χ4n) is 2.56. The fraction of sp³-hybridized carbons (Fsp3) is 0.316. The molecule has 0 aliphatic rings. The maximum Gasteiger partial charge on any atom is 0.292 e. The summed E-state index contributed by atoms with van der Waals surface area (Å²) in [4.78, 5) is 14.8. The van der Waals surface area contributed by atoms with Gasteiger partial charge in [0, 0.05) is 38.3 Å². The Morgan fingerprint density at radius 1 is 1.19 bits per heavy atom. The Hall–Kier alpha value is -3.29. The van der Waals surface area contributed by atoms with E-state index >= 15 is 0 Å². The molecule has 8 nitrogen and oxygen atoms in total. The number of aliphatic imine (C=N–C) groups is 1. The first-order valence-corrected chi connectivity index (χ1v) is 8.60. The number of nitro benzene ring substituents is 1. The monoisotopic (exact) mass is 371 g/mol. The fourth-order valence-corrected chi connectivity index (χ4v) is 2.56. The number of hydrogen-bond acceptors (Lipinski definition) is 5. The van der Waals surface area contributed by atoms with E-state index in [1.165, 1.54) is 6.07 Å². The van der Waals surface area contributed by atoms with Crippen molar-refractivity contribution in [3.8, 4) is 5.75 Å². The molecule has 2 aromatic rings. The van der Waals surface area contributed by atoms with Gasteiger partial charge in [0.05, 0.1) is 12.0 Å². The first-order chi connectivity index (χ1) is 13.0. The van der Waals surface area contributed by atoms with Gasteiger partial charge in [0.15, 0.2) is 5.96 Å². The number of nitrogens with one attached hydrogen (secondary N) is 3. The van der Waals surface area contributed by atoms with Gasteiger partial charge in [-0.2, -0.15) is 0 Å². The van der Waals surface area contributed by atoms with Crippen molar-refractivity contribution in [2.24, 2.45) is 4.99 Å². The predicted molar refractivity (Wildman–Crippen MR) is 108 cm³/mol. The molecule has 0 unspecified atom stereocenters. The van der Waals surface area contributed by atoms with E-state index in [0.717, 1.165) is 16.9 Å². The normalized spacial score (nSPS) is 11.0. The number of para-hydroxylation sites is 2. The number of benzene rings is 2. The maximum atomic E-state index is 11.0. The standard InChI is InChI=1S/C19H25N5O3/c1-14-8-9-15(18(12-14)27-3)13-23-19(20-2)22-11-10-21-16-6-4-5-7-17(16)24(25)26/h4-9,12,21H,10-11,13H2,1-3H3,(H2,20,22,23). The molecule has 3 N–H and O–H groups in total. The van der Waals surface area contributed by atoms with Crippen molar-refractivity contribution in [1.29, 1.82) is 0 Å². The van der Waals surface area contributed by atoms with E-state index in [1.807, 2.05) is 25.1 Å². The van der Waals surface area contributed by atoms with Gasteiger partial charge in [-0.05, 0) is 24.6 Å². The largest absolute Gasteiger partial charge is 0.496 e. The summed E-state index contributed by atoms with van der Waals surface area (Å²) in [5.74, 6) is 1.47. The molecule has 0 bridgehead atoms. The Kier molecular flexibility index (Phi) is 7.42. The lowest BCUT2D eigenvalue weighted by Crippen LogP contribution is -2.39. The van der Waals surface area contributed by atoms with E-state index in [2.05, 4.69) is 20.9 Å². The topological polar surface area (TPSA) is 101 Å². The van der Waals surface area contributed by atoms with Crippen LogP contribution in [0.3, 0.4) is 0 Å². The zero-order chi connectivity index (χ0) is 19.6. The number of nitrogens with zero attached hydrogens (tertiary/aromatic N) is 2. The van der Waals surface area contributed by atoms with Crippen LogP contribution < -0.4 is 20.7 Å². The summed E-state index contributed by atoms with van der Waals surface area (Å²) in [6, 6.07) is 12.6. The van der Waals surface area contributed by atoms with Crippen LogP contribution in [0.4, 0.5) is 11.4 Å². The van der Waals surface area contributed by atoms with Gasteiger partial charge in [0.2, 0.25) is 0 Å². The molecule has 2 rings (SSSR count). The molecule has 0 amide bonds. The van der Waals surface area contributed by atoms with Crippen molar-refractivity contribution in [2.45, 2.75) is 13.5 Å². The van der Waals surface area contributed by atoms with Crippen LogP contribution >= 0.6 is 0 Å². The zero-order valence-electron chi connectivity index (χ0n) is 15.8. The van der Waals surface area contributed by atoms with Gasteiger partial charge in [0.25, 0.3) is 5.69 Å². The molecule has 8 heteroatoms. The van der Waals surface area contributed by atoms with E-state index in [1.54, 1.807) is 32.4 Å². The molecule has 0 aliphatic heterocycles. The Morgan fingerprint density at radius 3 is 2.67 bits per heavy atom. The van der Waals surface area contributed by atoms with Gasteiger partial charge in [-0.25, -0.2) is 0 Å². The van der Waals surface area contributed by atoms with Gasteiger partial charge in [-0.15, -0.1) is 0 Å². The van der Waals surface area contributed by atoms with E-state index < -0.39 is 4.92 Å². The summed E-state index contributed by atoms with van der Waals surface area (Å²) < 4.78 is 5.40. The summed E-state index contributed by atoms with van der Waals surface area (Å²) in [6.07, 6.45) is 0. The van der Waals surface area contributed by atoms with Gasteiger partial charge in [-0.3, -0.25) is 15.1 Å². The number of methoxy groups -OCH3 is 1. The van der Waals surface area contributed by atoms with E-state index in [9.17, 15) is 10.1 Å². The van der Waals surface area contributed by atoms with Crippen molar-refractivity contribution in [3.63, 3.8) is 0 Å². The highest BCUT2D eigenvalue weighted by molar-refractivity contribution is 5.79. The van der Waals surface area contributed by atoms with E-state index in [0.29, 0.717) is 31.3 Å². The highest BCUT2D eigenvalue weighted by Crippen LogP contribution is 2.22. The van der Waals surface area contributed by atoms with Gasteiger partial charge in [0.1, 0.15) is 11.4 Å². The molecule has 144 valence electrons. The lowest BCUT2D eigenvalue weighted by Gasteiger charge is -2.14. The summed E-state index contributed by atoms with van der Waals surface area (Å²) >= 11 is 0. The average molecular weight is 371 g/mol. The van der Waals surface area contributed by atoms with Crippen LogP contribution in [0.2, 0.25) is 0 Å². The minimum Gasteiger partial charge on any atom is -0.496 e. The van der Waals surface area contributed by atoms with E-state index in [-0.39, 0.29) is 5.69 Å². The van der Waals surface area contributed by atoms with Gasteiger partial charge in [-0.1, -0.05) is 24.3 Å². The molecule has 0 heterocycles. The van der Waals surface area contributed by atoms with Crippen molar-refractivity contribution in [1.82, 2.24) is 10.6 Å². The van der Waals surface area contributed by atoms with Crippen LogP contribution in [0.25, 0.3) is 0 Å². The predicted octanol–water partition coefficient (Wildman–Crippen LogP) is 2.69. The number of anilines is 1. The third-order valence-corrected chi connectivity index (χ3v) is 3.95. The highest BCUT2D eigenvalue weighted by Gasteiger charge is 2.11. The second kappa shape index (κ2) is 10.0. The van der Waals surface area contributed by atoms with Gasteiger partial charge < -0.3 is 20.7 Å². The maximum absolute atomic E-state index is 11.0. The summed E-state index contributed by atoms with van der Waals surface area (Å²) in [5.41, 5.74) is 2.73. The lowest BCUT2D eigenvalue weighted by atomic mass is 10.1. The second-order valence-corrected chi connectivity index (χ2v) is 5.87. The molecule has 0 saturated carbocycles. The number of nitro groups is 1. The Bertz CT molecular complexity index is 808. The third kappa shape index (κ3) is 5.88. The van der Waals surface area contributed by atoms with Crippen LogP contribution in [-0.4, -0.2) is 38.1 Å². The van der Waals surface area contributed by atoms with Crippen molar-refractivity contribution < 1.29 is 9.66 Å². The lowest BCUT2D eigenvalue weighted by molar-refractivity contribution is -0.384. The van der Waals surface area contributed by atoms with Crippen molar-refractivity contribution >= 4 is 17.3 Å². The Morgan fingerprint density at radius 2 is 1.96 bits per heavy atom. The number of ether oxygens (including phenoxy) is 1. The quantitative estimate of drug-likeness (QED) is 0.217. The van der Waals surface area contributed by atoms with Crippen LogP contribution in [0.1, 0.15) is 11.1 Å². The summed E-state index contributed by atoms with van der Waals surface area (Å²) in [7, 11) is 3.34. The minimum atomic E-state index is -0.398.